The number of benzene rings is 1. The van der Waals surface area contributed by atoms with Gasteiger partial charge in [0.05, 0.1) is 31.0 Å². The molecule has 1 aliphatic heterocycles. The molecule has 3 rings (SSSR count). The van der Waals surface area contributed by atoms with E-state index in [1.54, 1.807) is 32.2 Å². The predicted molar refractivity (Wildman–Crippen MR) is 111 cm³/mol. The number of methoxy groups -OCH3 is 2. The molecule has 2 aromatic rings. The lowest BCUT2D eigenvalue weighted by Crippen LogP contribution is -2.46. The highest BCUT2D eigenvalue weighted by atomic mass is 16.5. The summed E-state index contributed by atoms with van der Waals surface area (Å²) in [6.45, 7) is 5.51. The third-order valence-electron chi connectivity index (χ3n) is 5.58. The summed E-state index contributed by atoms with van der Waals surface area (Å²) in [6.07, 6.45) is 3.59. The molecule has 1 aliphatic rings. The normalized spacial score (nSPS) is 17.2. The molecule has 1 saturated heterocycles. The van der Waals surface area contributed by atoms with Crippen molar-refractivity contribution in [3.63, 3.8) is 0 Å². The standard InChI is InChI=1S/C21H30N4O4/c1-5-14(13-28-3)15-6-7-16(29-4)19-18(15)22-12-17(23-19)24-20(26)25-10-8-21(2,27)9-11-25/h6-7,12,14,27H,5,8-11,13H2,1-4H3,(H,23,24,26). The van der Waals surface area contributed by atoms with Crippen LogP contribution in [0.15, 0.2) is 18.3 Å². The SMILES string of the molecule is CCC(COC)c1ccc(OC)c2nc(NC(=O)N3CCC(C)(O)CC3)cnc12. The first-order chi connectivity index (χ1) is 13.9. The Morgan fingerprint density at radius 3 is 2.66 bits per heavy atom. The molecule has 0 bridgehead atoms. The summed E-state index contributed by atoms with van der Waals surface area (Å²) in [5, 5.41) is 12.9. The number of nitrogens with zero attached hydrogens (tertiary/aromatic N) is 3. The number of aliphatic hydroxyl groups is 1. The first-order valence-corrected chi connectivity index (χ1v) is 9.99. The van der Waals surface area contributed by atoms with Crippen LogP contribution in [0.4, 0.5) is 10.6 Å². The van der Waals surface area contributed by atoms with Crippen molar-refractivity contribution in [3.05, 3.63) is 23.9 Å². The van der Waals surface area contributed by atoms with Crippen molar-refractivity contribution in [2.24, 2.45) is 0 Å². The highest BCUT2D eigenvalue weighted by Gasteiger charge is 2.29. The quantitative estimate of drug-likeness (QED) is 0.770. The van der Waals surface area contributed by atoms with Gasteiger partial charge in [0.15, 0.2) is 5.82 Å². The molecular weight excluding hydrogens is 372 g/mol. The molecule has 29 heavy (non-hydrogen) atoms. The van der Waals surface area contributed by atoms with Gasteiger partial charge in [0.2, 0.25) is 0 Å². The predicted octanol–water partition coefficient (Wildman–Crippen LogP) is 3.16. The van der Waals surface area contributed by atoms with E-state index in [4.69, 9.17) is 9.47 Å². The van der Waals surface area contributed by atoms with Gasteiger partial charge in [-0.1, -0.05) is 13.0 Å². The van der Waals surface area contributed by atoms with Crippen molar-refractivity contribution in [3.8, 4) is 5.75 Å². The summed E-state index contributed by atoms with van der Waals surface area (Å²) < 4.78 is 10.8. The Bertz CT molecular complexity index is 861. The first-order valence-electron chi connectivity index (χ1n) is 9.99. The van der Waals surface area contributed by atoms with Crippen LogP contribution < -0.4 is 10.1 Å². The van der Waals surface area contributed by atoms with Gasteiger partial charge >= 0.3 is 6.03 Å². The molecule has 2 amide bonds. The third-order valence-corrected chi connectivity index (χ3v) is 5.58. The van der Waals surface area contributed by atoms with E-state index in [0.29, 0.717) is 49.6 Å². The number of urea groups is 1. The Balaban J connectivity index is 1.86. The highest BCUT2D eigenvalue weighted by Crippen LogP contribution is 2.32. The van der Waals surface area contributed by atoms with Crippen LogP contribution in [-0.4, -0.2) is 65.5 Å². The van der Waals surface area contributed by atoms with E-state index >= 15 is 0 Å². The Kier molecular flexibility index (Phi) is 6.54. The molecule has 0 aliphatic carbocycles. The van der Waals surface area contributed by atoms with Gasteiger partial charge in [0.1, 0.15) is 11.3 Å². The van der Waals surface area contributed by atoms with Gasteiger partial charge in [0.25, 0.3) is 0 Å². The second-order valence-electron chi connectivity index (χ2n) is 7.78. The van der Waals surface area contributed by atoms with Crippen LogP contribution in [0.3, 0.4) is 0 Å². The fraction of sp³-hybridized carbons (Fsp3) is 0.571. The largest absolute Gasteiger partial charge is 0.494 e. The summed E-state index contributed by atoms with van der Waals surface area (Å²) >= 11 is 0. The maximum Gasteiger partial charge on any atom is 0.323 e. The smallest absolute Gasteiger partial charge is 0.323 e. The van der Waals surface area contributed by atoms with Gasteiger partial charge in [-0.05, 0) is 37.8 Å². The van der Waals surface area contributed by atoms with Crippen LogP contribution in [0.1, 0.15) is 44.6 Å². The molecule has 8 heteroatoms. The molecule has 0 saturated carbocycles. The Labute approximate surface area is 171 Å². The molecule has 0 spiro atoms. The zero-order chi connectivity index (χ0) is 21.0. The van der Waals surface area contributed by atoms with E-state index in [1.165, 1.54) is 0 Å². The Morgan fingerprint density at radius 1 is 1.31 bits per heavy atom. The topological polar surface area (TPSA) is 96.8 Å². The van der Waals surface area contributed by atoms with Gasteiger partial charge in [0, 0.05) is 26.1 Å². The number of likely N-dealkylation sites (tertiary alicyclic amines) is 1. The molecular formula is C21H30N4O4. The molecule has 1 aromatic carbocycles. The lowest BCUT2D eigenvalue weighted by atomic mass is 9.94. The molecule has 0 radical (unpaired) electrons. The average molecular weight is 402 g/mol. The maximum atomic E-state index is 12.6. The Morgan fingerprint density at radius 2 is 2.03 bits per heavy atom. The van der Waals surface area contributed by atoms with Crippen LogP contribution >= 0.6 is 0 Å². The van der Waals surface area contributed by atoms with Gasteiger partial charge in [-0.25, -0.2) is 9.78 Å². The van der Waals surface area contributed by atoms with Crippen LogP contribution in [0, 0.1) is 0 Å². The average Bonchev–Trinajstić information content (AvgIpc) is 2.71. The summed E-state index contributed by atoms with van der Waals surface area (Å²) in [6, 6.07) is 3.64. The maximum absolute atomic E-state index is 12.6. The minimum Gasteiger partial charge on any atom is -0.494 e. The van der Waals surface area contributed by atoms with Crippen LogP contribution in [-0.2, 0) is 4.74 Å². The molecule has 1 unspecified atom stereocenters. The van der Waals surface area contributed by atoms with Crippen molar-refractivity contribution >= 4 is 22.9 Å². The number of piperidine rings is 1. The number of nitrogens with one attached hydrogen (secondary N) is 1. The molecule has 8 nitrogen and oxygen atoms in total. The van der Waals surface area contributed by atoms with E-state index in [-0.39, 0.29) is 11.9 Å². The molecule has 1 atom stereocenters. The molecule has 158 valence electrons. The molecule has 2 N–H and O–H groups in total. The van der Waals surface area contributed by atoms with Gasteiger partial charge in [-0.15, -0.1) is 0 Å². The van der Waals surface area contributed by atoms with E-state index < -0.39 is 5.60 Å². The summed E-state index contributed by atoms with van der Waals surface area (Å²) in [7, 11) is 3.28. The fourth-order valence-electron chi connectivity index (χ4n) is 3.66. The van der Waals surface area contributed by atoms with Gasteiger partial charge < -0.3 is 19.5 Å². The fourth-order valence-corrected chi connectivity index (χ4v) is 3.66. The zero-order valence-electron chi connectivity index (χ0n) is 17.6. The lowest BCUT2D eigenvalue weighted by Gasteiger charge is -2.35. The molecule has 2 heterocycles. The van der Waals surface area contributed by atoms with Gasteiger partial charge in [-0.2, -0.15) is 0 Å². The van der Waals surface area contributed by atoms with E-state index in [2.05, 4.69) is 22.2 Å². The number of hydrogen-bond donors (Lipinski definition) is 2. The van der Waals surface area contributed by atoms with Crippen molar-refractivity contribution in [1.82, 2.24) is 14.9 Å². The number of anilines is 1. The molecule has 1 fully saturated rings. The van der Waals surface area contributed by atoms with Crippen molar-refractivity contribution in [2.75, 3.05) is 39.2 Å². The van der Waals surface area contributed by atoms with Gasteiger partial charge in [-0.3, -0.25) is 10.3 Å². The number of carbonyl (C=O) groups is 1. The van der Waals surface area contributed by atoms with E-state index in [9.17, 15) is 9.90 Å². The van der Waals surface area contributed by atoms with Crippen molar-refractivity contribution in [1.29, 1.82) is 0 Å². The zero-order valence-corrected chi connectivity index (χ0v) is 17.6. The summed E-state index contributed by atoms with van der Waals surface area (Å²) in [5.41, 5.74) is 1.70. The van der Waals surface area contributed by atoms with Crippen molar-refractivity contribution < 1.29 is 19.4 Å². The number of rotatable bonds is 6. The summed E-state index contributed by atoms with van der Waals surface area (Å²) in [4.78, 5) is 23.5. The van der Waals surface area contributed by atoms with Crippen LogP contribution in [0.5, 0.6) is 5.75 Å². The third kappa shape index (κ3) is 4.76. The number of carbonyl (C=O) groups excluding carboxylic acids is 1. The van der Waals surface area contributed by atoms with Crippen LogP contribution in [0.2, 0.25) is 0 Å². The lowest BCUT2D eigenvalue weighted by molar-refractivity contribution is 0.00569. The number of amides is 2. The monoisotopic (exact) mass is 402 g/mol. The highest BCUT2D eigenvalue weighted by molar-refractivity contribution is 5.91. The number of fused-ring (bicyclic) bond motifs is 1. The second kappa shape index (κ2) is 8.92. The van der Waals surface area contributed by atoms with Crippen LogP contribution in [0.25, 0.3) is 11.0 Å². The van der Waals surface area contributed by atoms with Crippen molar-refractivity contribution in [2.45, 2.75) is 44.6 Å². The second-order valence-corrected chi connectivity index (χ2v) is 7.78. The molecule has 1 aromatic heterocycles. The first kappa shape index (κ1) is 21.3. The van der Waals surface area contributed by atoms with E-state index in [1.807, 2.05) is 12.1 Å². The summed E-state index contributed by atoms with van der Waals surface area (Å²) in [5.74, 6) is 1.17. The number of hydrogen-bond acceptors (Lipinski definition) is 6. The minimum absolute atomic E-state index is 0.198. The minimum atomic E-state index is -0.707. The number of ether oxygens (including phenoxy) is 2. The number of aromatic nitrogens is 2. The van der Waals surface area contributed by atoms with E-state index in [0.717, 1.165) is 17.5 Å². The Hall–Kier alpha value is -2.45.